The van der Waals surface area contributed by atoms with Gasteiger partial charge in [0, 0.05) is 11.1 Å². The van der Waals surface area contributed by atoms with Gasteiger partial charge in [-0.3, -0.25) is 9.08 Å². The molecule has 1 aromatic rings. The standard InChI is InChI=1S/C20H33NO5S/c1-15-7-9-18(10-8-15)27(23,24)26-14-16(22)13-25-17-11-19(2,3)21(6)20(4,5)12-17/h7-10,16-17,22H,11-14H2,1-6H3. The first-order valence-electron chi connectivity index (χ1n) is 9.33. The fourth-order valence-corrected chi connectivity index (χ4v) is 4.58. The van der Waals surface area contributed by atoms with Crippen LogP contribution in [0.3, 0.4) is 0 Å². The van der Waals surface area contributed by atoms with Crippen LogP contribution < -0.4 is 0 Å². The van der Waals surface area contributed by atoms with Crippen LogP contribution in [0.5, 0.6) is 0 Å². The molecule has 1 heterocycles. The van der Waals surface area contributed by atoms with E-state index in [2.05, 4.69) is 39.6 Å². The smallest absolute Gasteiger partial charge is 0.297 e. The molecule has 0 radical (unpaired) electrons. The number of benzene rings is 1. The molecule has 1 fully saturated rings. The highest BCUT2D eigenvalue weighted by molar-refractivity contribution is 7.86. The number of hydrogen-bond donors (Lipinski definition) is 1. The third kappa shape index (κ3) is 5.74. The minimum absolute atomic E-state index is 0.00885. The average Bonchev–Trinajstić information content (AvgIpc) is 2.56. The second-order valence-electron chi connectivity index (χ2n) is 8.75. The first-order chi connectivity index (χ1) is 12.3. The maximum atomic E-state index is 12.2. The van der Waals surface area contributed by atoms with E-state index < -0.39 is 16.2 Å². The van der Waals surface area contributed by atoms with Gasteiger partial charge < -0.3 is 9.84 Å². The lowest BCUT2D eigenvalue weighted by Gasteiger charge is -2.53. The van der Waals surface area contributed by atoms with Crippen LogP contribution in [-0.2, 0) is 19.0 Å². The van der Waals surface area contributed by atoms with Gasteiger partial charge in [0.2, 0.25) is 0 Å². The van der Waals surface area contributed by atoms with E-state index >= 15 is 0 Å². The molecule has 1 aromatic carbocycles. The zero-order valence-electron chi connectivity index (χ0n) is 17.2. The lowest BCUT2D eigenvalue weighted by atomic mass is 9.79. The third-order valence-electron chi connectivity index (χ3n) is 5.52. The largest absolute Gasteiger partial charge is 0.388 e. The van der Waals surface area contributed by atoms with Gasteiger partial charge in [-0.25, -0.2) is 0 Å². The fraction of sp³-hybridized carbons (Fsp3) is 0.700. The summed E-state index contributed by atoms with van der Waals surface area (Å²) in [7, 11) is -1.76. The van der Waals surface area contributed by atoms with Gasteiger partial charge in [0.05, 0.1) is 24.2 Å². The summed E-state index contributed by atoms with van der Waals surface area (Å²) in [6, 6.07) is 6.41. The summed E-state index contributed by atoms with van der Waals surface area (Å²) < 4.78 is 35.3. The summed E-state index contributed by atoms with van der Waals surface area (Å²) in [5.74, 6) is 0. The summed E-state index contributed by atoms with van der Waals surface area (Å²) >= 11 is 0. The van der Waals surface area contributed by atoms with E-state index in [9.17, 15) is 13.5 Å². The van der Waals surface area contributed by atoms with Gasteiger partial charge >= 0.3 is 0 Å². The van der Waals surface area contributed by atoms with E-state index in [1.165, 1.54) is 12.1 Å². The number of aliphatic hydroxyl groups is 1. The minimum Gasteiger partial charge on any atom is -0.388 e. The predicted molar refractivity (Wildman–Crippen MR) is 105 cm³/mol. The molecule has 0 spiro atoms. The topological polar surface area (TPSA) is 76.1 Å². The Morgan fingerprint density at radius 3 is 2.15 bits per heavy atom. The maximum Gasteiger partial charge on any atom is 0.297 e. The fourth-order valence-electron chi connectivity index (χ4n) is 3.63. The number of ether oxygens (including phenoxy) is 1. The van der Waals surface area contributed by atoms with Crippen LogP contribution in [0.4, 0.5) is 0 Å². The Balaban J connectivity index is 1.86. The number of hydrogen-bond acceptors (Lipinski definition) is 6. The third-order valence-corrected chi connectivity index (χ3v) is 6.82. The van der Waals surface area contributed by atoms with E-state index in [1.54, 1.807) is 12.1 Å². The van der Waals surface area contributed by atoms with Gasteiger partial charge in [-0.05, 0) is 66.6 Å². The van der Waals surface area contributed by atoms with Crippen LogP contribution >= 0.6 is 0 Å². The molecular weight excluding hydrogens is 366 g/mol. The van der Waals surface area contributed by atoms with Crippen molar-refractivity contribution in [2.75, 3.05) is 20.3 Å². The molecule has 0 aromatic heterocycles. The number of aliphatic hydroxyl groups excluding tert-OH is 1. The van der Waals surface area contributed by atoms with Gasteiger partial charge in [0.25, 0.3) is 10.1 Å². The second kappa shape index (κ2) is 8.17. The first-order valence-corrected chi connectivity index (χ1v) is 10.7. The Morgan fingerprint density at radius 2 is 1.63 bits per heavy atom. The van der Waals surface area contributed by atoms with Crippen LogP contribution in [0.25, 0.3) is 0 Å². The highest BCUT2D eigenvalue weighted by Crippen LogP contribution is 2.38. The molecule has 27 heavy (non-hydrogen) atoms. The van der Waals surface area contributed by atoms with Crippen molar-refractivity contribution in [2.24, 2.45) is 0 Å². The molecule has 0 bridgehead atoms. The Labute approximate surface area is 163 Å². The van der Waals surface area contributed by atoms with Crippen LogP contribution in [0.2, 0.25) is 0 Å². The lowest BCUT2D eigenvalue weighted by Crippen LogP contribution is -2.60. The van der Waals surface area contributed by atoms with Crippen molar-refractivity contribution in [1.29, 1.82) is 0 Å². The van der Waals surface area contributed by atoms with Crippen molar-refractivity contribution in [3.63, 3.8) is 0 Å². The van der Waals surface area contributed by atoms with Crippen molar-refractivity contribution in [3.8, 4) is 0 Å². The summed E-state index contributed by atoms with van der Waals surface area (Å²) in [4.78, 5) is 2.44. The van der Waals surface area contributed by atoms with E-state index in [1.807, 2.05) is 6.92 Å². The van der Waals surface area contributed by atoms with Gasteiger partial charge in [-0.15, -0.1) is 0 Å². The van der Waals surface area contributed by atoms with Gasteiger partial charge in [0.1, 0.15) is 6.10 Å². The molecule has 1 saturated heterocycles. The van der Waals surface area contributed by atoms with Gasteiger partial charge in [-0.2, -0.15) is 8.42 Å². The minimum atomic E-state index is -3.88. The molecule has 0 saturated carbocycles. The maximum absolute atomic E-state index is 12.2. The number of likely N-dealkylation sites (tertiary alicyclic amines) is 1. The van der Waals surface area contributed by atoms with Gasteiger partial charge in [0.15, 0.2) is 0 Å². The van der Waals surface area contributed by atoms with E-state index in [0.717, 1.165) is 18.4 Å². The molecule has 154 valence electrons. The molecule has 1 aliphatic rings. The molecule has 1 N–H and O–H groups in total. The molecule has 6 nitrogen and oxygen atoms in total. The van der Waals surface area contributed by atoms with Gasteiger partial charge in [-0.1, -0.05) is 17.7 Å². The molecule has 2 rings (SSSR count). The van der Waals surface area contributed by atoms with E-state index in [0.29, 0.717) is 0 Å². The highest BCUT2D eigenvalue weighted by Gasteiger charge is 2.43. The summed E-state index contributed by atoms with van der Waals surface area (Å²) in [6.45, 7) is 10.3. The highest BCUT2D eigenvalue weighted by atomic mass is 32.2. The Morgan fingerprint density at radius 1 is 1.11 bits per heavy atom. The molecule has 1 atom stereocenters. The summed E-state index contributed by atoms with van der Waals surface area (Å²) in [5.41, 5.74) is 0.942. The van der Waals surface area contributed by atoms with Crippen LogP contribution in [-0.4, -0.2) is 62.0 Å². The molecule has 1 unspecified atom stereocenters. The second-order valence-corrected chi connectivity index (χ2v) is 10.4. The van der Waals surface area contributed by atoms with Crippen molar-refractivity contribution < 1.29 is 22.4 Å². The number of rotatable bonds is 7. The van der Waals surface area contributed by atoms with Crippen molar-refractivity contribution in [2.45, 2.75) is 75.6 Å². The Kier molecular flexibility index (Phi) is 6.75. The molecule has 0 amide bonds. The first kappa shape index (κ1) is 22.3. The van der Waals surface area contributed by atoms with Crippen molar-refractivity contribution >= 4 is 10.1 Å². The summed E-state index contributed by atoms with van der Waals surface area (Å²) in [5, 5.41) is 10.1. The Bertz CT molecular complexity index is 709. The average molecular weight is 400 g/mol. The van der Waals surface area contributed by atoms with Crippen LogP contribution in [0.1, 0.15) is 46.1 Å². The quantitative estimate of drug-likeness (QED) is 0.711. The van der Waals surface area contributed by atoms with Crippen molar-refractivity contribution in [1.82, 2.24) is 4.90 Å². The zero-order valence-corrected chi connectivity index (χ0v) is 18.0. The molecular formula is C20H33NO5S. The number of piperidine rings is 1. The summed E-state index contributed by atoms with van der Waals surface area (Å²) in [6.07, 6.45) is 0.704. The van der Waals surface area contributed by atoms with E-state index in [4.69, 9.17) is 8.92 Å². The van der Waals surface area contributed by atoms with Crippen LogP contribution in [0, 0.1) is 6.92 Å². The SMILES string of the molecule is Cc1ccc(S(=O)(=O)OCC(O)COC2CC(C)(C)N(C)C(C)(C)C2)cc1. The number of nitrogens with zero attached hydrogens (tertiary/aromatic N) is 1. The Hall–Kier alpha value is -0.990. The monoisotopic (exact) mass is 399 g/mol. The molecule has 1 aliphatic heterocycles. The van der Waals surface area contributed by atoms with Crippen LogP contribution in [0.15, 0.2) is 29.2 Å². The predicted octanol–water partition coefficient (Wildman–Crippen LogP) is 2.73. The lowest BCUT2D eigenvalue weighted by molar-refractivity contribution is -0.108. The van der Waals surface area contributed by atoms with Crippen molar-refractivity contribution in [3.05, 3.63) is 29.8 Å². The van der Waals surface area contributed by atoms with E-state index in [-0.39, 0.29) is 35.3 Å². The molecule has 7 heteroatoms. The zero-order chi connectivity index (χ0) is 20.5. The number of aryl methyl sites for hydroxylation is 1. The molecule has 0 aliphatic carbocycles. The normalized spacial score (nSPS) is 21.9.